The van der Waals surface area contributed by atoms with Gasteiger partial charge in [0, 0.05) is 33.3 Å². The van der Waals surface area contributed by atoms with Crippen molar-refractivity contribution >= 4 is 15.9 Å². The first-order chi connectivity index (χ1) is 13.8. The maximum atomic E-state index is 12.4. The molecular formula is C20H20N4O4S. The van der Waals surface area contributed by atoms with E-state index in [0.29, 0.717) is 19.0 Å². The number of aryl methyl sites for hydroxylation is 1. The Morgan fingerprint density at radius 3 is 2.62 bits per heavy atom. The van der Waals surface area contributed by atoms with E-state index >= 15 is 0 Å². The van der Waals surface area contributed by atoms with Crippen molar-refractivity contribution in [2.24, 2.45) is 0 Å². The van der Waals surface area contributed by atoms with Crippen LogP contribution in [0, 0.1) is 18.3 Å². The van der Waals surface area contributed by atoms with Crippen LogP contribution < -0.4 is 4.90 Å². The predicted molar refractivity (Wildman–Crippen MR) is 106 cm³/mol. The molecule has 0 amide bonds. The van der Waals surface area contributed by atoms with Crippen molar-refractivity contribution in [3.8, 4) is 17.7 Å². The highest BCUT2D eigenvalue weighted by molar-refractivity contribution is 7.89. The molecule has 0 aliphatic carbocycles. The van der Waals surface area contributed by atoms with Gasteiger partial charge >= 0.3 is 0 Å². The summed E-state index contributed by atoms with van der Waals surface area (Å²) in [5.74, 6) is 0.851. The first-order valence-electron chi connectivity index (χ1n) is 9.07. The Balaban J connectivity index is 1.71. The summed E-state index contributed by atoms with van der Waals surface area (Å²) in [7, 11) is -0.761. The second-order valence-corrected chi connectivity index (χ2v) is 9.16. The molecule has 1 aliphatic heterocycles. The molecule has 150 valence electrons. The van der Waals surface area contributed by atoms with Crippen molar-refractivity contribution in [3.05, 3.63) is 52.9 Å². The van der Waals surface area contributed by atoms with Crippen molar-refractivity contribution < 1.29 is 17.3 Å². The molecule has 1 aromatic carbocycles. The molecule has 1 aliphatic rings. The quantitative estimate of drug-likeness (QED) is 0.649. The number of hydrogen-bond acceptors (Lipinski definition) is 7. The lowest BCUT2D eigenvalue weighted by Gasteiger charge is -2.28. The standard InChI is InChI=1S/C20H20N4O4S/c1-13-18(29(25,26)23(2)3)10-17(27-13)19-22-16(11-21)20(28-19)24-9-8-14-6-4-5-7-15(14)12-24/h4-7,10H,8-9,12H2,1-3H3. The SMILES string of the molecule is Cc1oc(-c2nc(C#N)c(N3CCc4ccccc4C3)o2)cc1S(=O)(=O)N(C)C. The maximum Gasteiger partial charge on any atom is 0.266 e. The largest absolute Gasteiger partial charge is 0.455 e. The summed E-state index contributed by atoms with van der Waals surface area (Å²) < 4.78 is 37.5. The van der Waals surface area contributed by atoms with Crippen LogP contribution in [0.2, 0.25) is 0 Å². The number of furan rings is 1. The monoisotopic (exact) mass is 412 g/mol. The number of nitriles is 1. The zero-order valence-corrected chi connectivity index (χ0v) is 17.2. The number of hydrogen-bond donors (Lipinski definition) is 0. The van der Waals surface area contributed by atoms with Crippen LogP contribution in [0.15, 0.2) is 44.1 Å². The molecular weight excluding hydrogens is 392 g/mol. The summed E-state index contributed by atoms with van der Waals surface area (Å²) in [5, 5.41) is 9.53. The van der Waals surface area contributed by atoms with Gasteiger partial charge in [-0.3, -0.25) is 0 Å². The fourth-order valence-electron chi connectivity index (χ4n) is 3.40. The Hall–Kier alpha value is -3.09. The Morgan fingerprint density at radius 1 is 1.21 bits per heavy atom. The summed E-state index contributed by atoms with van der Waals surface area (Å²) in [5.41, 5.74) is 2.60. The highest BCUT2D eigenvalue weighted by atomic mass is 32.2. The zero-order valence-electron chi connectivity index (χ0n) is 16.3. The average molecular weight is 412 g/mol. The lowest BCUT2D eigenvalue weighted by Crippen LogP contribution is -2.30. The van der Waals surface area contributed by atoms with Gasteiger partial charge in [-0.1, -0.05) is 24.3 Å². The van der Waals surface area contributed by atoms with E-state index in [1.165, 1.54) is 31.3 Å². The molecule has 0 radical (unpaired) electrons. The van der Waals surface area contributed by atoms with E-state index in [4.69, 9.17) is 8.83 Å². The number of anilines is 1. The van der Waals surface area contributed by atoms with Crippen LogP contribution in [-0.2, 0) is 23.0 Å². The van der Waals surface area contributed by atoms with E-state index in [-0.39, 0.29) is 28.0 Å². The fourth-order valence-corrected chi connectivity index (χ4v) is 4.45. The predicted octanol–water partition coefficient (Wildman–Crippen LogP) is 2.93. The molecule has 3 aromatic rings. The van der Waals surface area contributed by atoms with E-state index in [0.717, 1.165) is 10.7 Å². The molecule has 4 rings (SSSR count). The summed E-state index contributed by atoms with van der Waals surface area (Å²) in [6.07, 6.45) is 0.835. The number of nitrogens with zero attached hydrogens (tertiary/aromatic N) is 4. The van der Waals surface area contributed by atoms with Crippen LogP contribution >= 0.6 is 0 Å². The third-order valence-electron chi connectivity index (χ3n) is 4.97. The Labute approximate surface area is 169 Å². The first-order valence-corrected chi connectivity index (χ1v) is 10.5. The molecule has 0 fully saturated rings. The molecule has 8 nitrogen and oxygen atoms in total. The van der Waals surface area contributed by atoms with Crippen LogP contribution in [0.4, 0.5) is 5.88 Å². The molecule has 0 unspecified atom stereocenters. The smallest absolute Gasteiger partial charge is 0.266 e. The minimum atomic E-state index is -3.66. The van der Waals surface area contributed by atoms with Gasteiger partial charge in [-0.25, -0.2) is 12.7 Å². The minimum Gasteiger partial charge on any atom is -0.455 e. The van der Waals surface area contributed by atoms with E-state index in [9.17, 15) is 13.7 Å². The van der Waals surface area contributed by atoms with Crippen LogP contribution in [-0.4, -0.2) is 38.3 Å². The average Bonchev–Trinajstić information content (AvgIpc) is 3.31. The van der Waals surface area contributed by atoms with Gasteiger partial charge in [0.15, 0.2) is 5.76 Å². The van der Waals surface area contributed by atoms with E-state index in [1.54, 1.807) is 6.92 Å². The van der Waals surface area contributed by atoms with Crippen molar-refractivity contribution in [1.82, 2.24) is 9.29 Å². The Bertz CT molecular complexity index is 1220. The fraction of sp³-hybridized carbons (Fsp3) is 0.300. The van der Waals surface area contributed by atoms with Gasteiger partial charge in [-0.2, -0.15) is 10.2 Å². The number of benzene rings is 1. The van der Waals surface area contributed by atoms with Gasteiger partial charge in [0.2, 0.25) is 21.6 Å². The van der Waals surface area contributed by atoms with Gasteiger partial charge < -0.3 is 13.7 Å². The number of aromatic nitrogens is 1. The second-order valence-electron chi connectivity index (χ2n) is 7.04. The third kappa shape index (κ3) is 3.30. The normalized spacial score (nSPS) is 14.1. The number of rotatable bonds is 4. The maximum absolute atomic E-state index is 12.4. The Morgan fingerprint density at radius 2 is 1.93 bits per heavy atom. The number of fused-ring (bicyclic) bond motifs is 1. The molecule has 3 heterocycles. The molecule has 0 spiro atoms. The third-order valence-corrected chi connectivity index (χ3v) is 6.90. The molecule has 9 heteroatoms. The molecule has 0 saturated heterocycles. The summed E-state index contributed by atoms with van der Waals surface area (Å²) in [4.78, 5) is 6.25. The van der Waals surface area contributed by atoms with E-state index in [2.05, 4.69) is 23.2 Å². The van der Waals surface area contributed by atoms with Gasteiger partial charge in [0.05, 0.1) is 0 Å². The first kappa shape index (κ1) is 19.2. The van der Waals surface area contributed by atoms with Crippen LogP contribution in [0.3, 0.4) is 0 Å². The molecule has 2 aromatic heterocycles. The molecule has 29 heavy (non-hydrogen) atoms. The zero-order chi connectivity index (χ0) is 20.8. The van der Waals surface area contributed by atoms with Crippen molar-refractivity contribution in [2.45, 2.75) is 24.8 Å². The van der Waals surface area contributed by atoms with E-state index < -0.39 is 10.0 Å². The van der Waals surface area contributed by atoms with Crippen molar-refractivity contribution in [2.75, 3.05) is 25.5 Å². The van der Waals surface area contributed by atoms with Gasteiger partial charge in [-0.05, 0) is 24.5 Å². The van der Waals surface area contributed by atoms with Crippen molar-refractivity contribution in [1.29, 1.82) is 5.26 Å². The summed E-state index contributed by atoms with van der Waals surface area (Å²) in [6, 6.07) is 11.6. The van der Waals surface area contributed by atoms with Gasteiger partial charge in [-0.15, -0.1) is 0 Å². The number of oxazole rings is 1. The second kappa shape index (κ2) is 7.06. The van der Waals surface area contributed by atoms with Gasteiger partial charge in [0.25, 0.3) is 5.89 Å². The highest BCUT2D eigenvalue weighted by Crippen LogP contribution is 2.34. The highest BCUT2D eigenvalue weighted by Gasteiger charge is 2.28. The lowest BCUT2D eigenvalue weighted by molar-refractivity contribution is 0.484. The van der Waals surface area contributed by atoms with Gasteiger partial charge in [0.1, 0.15) is 16.7 Å². The Kier molecular flexibility index (Phi) is 4.68. The molecule has 0 saturated carbocycles. The lowest BCUT2D eigenvalue weighted by atomic mass is 10.00. The van der Waals surface area contributed by atoms with Crippen LogP contribution in [0.25, 0.3) is 11.7 Å². The molecule has 0 N–H and O–H groups in total. The molecule has 0 atom stereocenters. The molecule has 0 bridgehead atoms. The van der Waals surface area contributed by atoms with E-state index in [1.807, 2.05) is 17.0 Å². The minimum absolute atomic E-state index is 0.0441. The van der Waals surface area contributed by atoms with Crippen LogP contribution in [0.5, 0.6) is 0 Å². The number of sulfonamides is 1. The van der Waals surface area contributed by atoms with Crippen molar-refractivity contribution in [3.63, 3.8) is 0 Å². The summed E-state index contributed by atoms with van der Waals surface area (Å²) >= 11 is 0. The summed E-state index contributed by atoms with van der Waals surface area (Å²) in [6.45, 7) is 2.87. The topological polar surface area (TPSA) is 104 Å². The van der Waals surface area contributed by atoms with Crippen LogP contribution in [0.1, 0.15) is 22.6 Å².